The highest BCUT2D eigenvalue weighted by molar-refractivity contribution is 5.83. The van der Waals surface area contributed by atoms with Crippen molar-refractivity contribution in [1.29, 1.82) is 0 Å². The van der Waals surface area contributed by atoms with Gasteiger partial charge in [0.25, 0.3) is 0 Å². The van der Waals surface area contributed by atoms with Crippen LogP contribution in [0, 0.1) is 40.7 Å². The number of aryl methyl sites for hydroxylation is 1. The SMILES string of the molecule is CCCCc1ccc(/C(F)=C(\F)c2ccc(C(F)(F)Oc3cc(F)c(C(F)(F)Oc4cc(F)c(F)c(F)c4)c(F)c3)c(F)c2)c(F)c1. The molecule has 0 saturated heterocycles. The zero-order valence-electron chi connectivity index (χ0n) is 23.6. The zero-order chi connectivity index (χ0) is 34.8. The van der Waals surface area contributed by atoms with Crippen LogP contribution in [-0.2, 0) is 18.6 Å². The van der Waals surface area contributed by atoms with Crippen LogP contribution in [-0.4, -0.2) is 0 Å². The smallest absolute Gasteiger partial charge is 0.429 e. The van der Waals surface area contributed by atoms with Gasteiger partial charge in [0.15, 0.2) is 29.1 Å². The van der Waals surface area contributed by atoms with Gasteiger partial charge < -0.3 is 9.47 Å². The van der Waals surface area contributed by atoms with Crippen LogP contribution >= 0.6 is 0 Å². The number of halogens is 13. The third-order valence-electron chi connectivity index (χ3n) is 6.57. The van der Waals surface area contributed by atoms with Crippen molar-refractivity contribution < 1.29 is 66.5 Å². The van der Waals surface area contributed by atoms with Crippen LogP contribution in [0.4, 0.5) is 57.1 Å². The molecule has 0 N–H and O–H groups in total. The number of rotatable bonds is 11. The Balaban J connectivity index is 1.57. The molecule has 4 aromatic rings. The van der Waals surface area contributed by atoms with Gasteiger partial charge >= 0.3 is 12.2 Å². The van der Waals surface area contributed by atoms with E-state index in [2.05, 4.69) is 9.47 Å². The number of alkyl halides is 4. The van der Waals surface area contributed by atoms with Crippen LogP contribution in [0.25, 0.3) is 11.7 Å². The van der Waals surface area contributed by atoms with E-state index in [1.165, 1.54) is 6.07 Å². The fraction of sp³-hybridized carbons (Fsp3) is 0.188. The summed E-state index contributed by atoms with van der Waals surface area (Å²) in [6, 6.07) is 3.63. The largest absolute Gasteiger partial charge is 0.432 e. The molecule has 47 heavy (non-hydrogen) atoms. The molecular weight excluding hydrogens is 663 g/mol. The second kappa shape index (κ2) is 13.6. The number of hydrogen-bond acceptors (Lipinski definition) is 2. The molecule has 0 aliphatic carbocycles. The molecule has 0 radical (unpaired) electrons. The first-order valence-electron chi connectivity index (χ1n) is 13.4. The van der Waals surface area contributed by atoms with Gasteiger partial charge in [0.2, 0.25) is 0 Å². The van der Waals surface area contributed by atoms with Gasteiger partial charge in [0, 0.05) is 35.4 Å². The Hall–Kier alpha value is -4.69. The number of hydrogen-bond donors (Lipinski definition) is 0. The summed E-state index contributed by atoms with van der Waals surface area (Å²) in [7, 11) is 0. The van der Waals surface area contributed by atoms with E-state index in [-0.39, 0.29) is 36.4 Å². The van der Waals surface area contributed by atoms with Gasteiger partial charge in [-0.05, 0) is 42.7 Å². The molecule has 15 heteroatoms. The quantitative estimate of drug-likeness (QED) is 0.0891. The molecule has 0 spiro atoms. The third kappa shape index (κ3) is 7.66. The Bertz CT molecular complexity index is 1790. The zero-order valence-corrected chi connectivity index (χ0v) is 23.6. The number of unbranched alkanes of at least 4 members (excludes halogenated alkanes) is 1. The molecule has 0 atom stereocenters. The molecule has 0 aliphatic rings. The molecule has 250 valence electrons. The Kier molecular flexibility index (Phi) is 10.2. The lowest BCUT2D eigenvalue weighted by atomic mass is 10.0. The van der Waals surface area contributed by atoms with Crippen LogP contribution < -0.4 is 9.47 Å². The lowest BCUT2D eigenvalue weighted by Gasteiger charge is -2.22. The van der Waals surface area contributed by atoms with Crippen molar-refractivity contribution in [2.24, 2.45) is 0 Å². The Labute approximate surface area is 257 Å². The molecule has 2 nitrogen and oxygen atoms in total. The molecule has 0 bridgehead atoms. The Morgan fingerprint density at radius 1 is 0.596 bits per heavy atom. The molecule has 4 rings (SSSR count). The van der Waals surface area contributed by atoms with Crippen LogP contribution in [0.1, 0.15) is 47.6 Å². The molecule has 4 aromatic carbocycles. The maximum absolute atomic E-state index is 14.8. The van der Waals surface area contributed by atoms with Crippen molar-refractivity contribution in [1.82, 2.24) is 0 Å². The molecule has 0 aromatic heterocycles. The van der Waals surface area contributed by atoms with Crippen molar-refractivity contribution in [3.63, 3.8) is 0 Å². The lowest BCUT2D eigenvalue weighted by Crippen LogP contribution is -2.26. The molecule has 0 amide bonds. The summed E-state index contributed by atoms with van der Waals surface area (Å²) < 4.78 is 194. The summed E-state index contributed by atoms with van der Waals surface area (Å²) in [4.78, 5) is 0. The number of ether oxygens (including phenoxy) is 2. The summed E-state index contributed by atoms with van der Waals surface area (Å²) >= 11 is 0. The van der Waals surface area contributed by atoms with E-state index in [9.17, 15) is 57.1 Å². The first kappa shape index (κ1) is 35.2. The molecule has 0 unspecified atom stereocenters. The number of benzene rings is 4. The van der Waals surface area contributed by atoms with E-state index >= 15 is 0 Å². The Morgan fingerprint density at radius 3 is 1.68 bits per heavy atom. The molecule has 0 saturated carbocycles. The highest BCUT2D eigenvalue weighted by Gasteiger charge is 2.43. The van der Waals surface area contributed by atoms with E-state index in [0.29, 0.717) is 24.5 Å². The average Bonchev–Trinajstić information content (AvgIpc) is 2.96. The second-order valence-corrected chi connectivity index (χ2v) is 9.94. The third-order valence-corrected chi connectivity index (χ3v) is 6.57. The monoisotopic (exact) mass is 682 g/mol. The topological polar surface area (TPSA) is 18.5 Å². The summed E-state index contributed by atoms with van der Waals surface area (Å²) in [6.45, 7) is 1.89. The predicted octanol–water partition coefficient (Wildman–Crippen LogP) is 11.0. The van der Waals surface area contributed by atoms with Crippen molar-refractivity contribution in [2.75, 3.05) is 0 Å². The van der Waals surface area contributed by atoms with Crippen LogP contribution in [0.3, 0.4) is 0 Å². The van der Waals surface area contributed by atoms with Gasteiger partial charge in [-0.3, -0.25) is 0 Å². The van der Waals surface area contributed by atoms with Crippen molar-refractivity contribution >= 4 is 11.7 Å². The first-order chi connectivity index (χ1) is 21.9. The van der Waals surface area contributed by atoms with Gasteiger partial charge in [-0.15, -0.1) is 0 Å². The first-order valence-corrected chi connectivity index (χ1v) is 13.4. The summed E-state index contributed by atoms with van der Waals surface area (Å²) in [5.41, 5.74) is -5.14. The lowest BCUT2D eigenvalue weighted by molar-refractivity contribution is -0.191. The maximum Gasteiger partial charge on any atom is 0.432 e. The minimum Gasteiger partial charge on any atom is -0.429 e. The van der Waals surface area contributed by atoms with E-state index in [1.807, 2.05) is 6.92 Å². The fourth-order valence-electron chi connectivity index (χ4n) is 4.29. The molecule has 0 aliphatic heterocycles. The molecular formula is C32H19F13O2. The molecule has 0 fully saturated rings. The highest BCUT2D eigenvalue weighted by atomic mass is 19.3. The van der Waals surface area contributed by atoms with Gasteiger partial charge in [-0.2, -0.15) is 17.6 Å². The summed E-state index contributed by atoms with van der Waals surface area (Å²) in [6.07, 6.45) is -7.88. The van der Waals surface area contributed by atoms with E-state index in [0.717, 1.165) is 18.6 Å². The molecule has 0 heterocycles. The Morgan fingerprint density at radius 2 is 1.15 bits per heavy atom. The summed E-state index contributed by atoms with van der Waals surface area (Å²) in [5.74, 6) is -20.0. The standard InChI is InChI=1S/C32H19F13O2/c1-2-3-4-15-5-7-19(21(33)9-15)29(40)28(39)16-6-8-20(22(34)10-16)31(42,43)46-17-11-23(35)27(24(36)12-17)32(44,45)47-18-13-25(37)30(41)26(38)14-18/h5-14H,2-4H2,1H3/b29-28+. The van der Waals surface area contributed by atoms with Gasteiger partial charge in [0.05, 0.1) is 5.56 Å². The average molecular weight is 682 g/mol. The van der Waals surface area contributed by atoms with Crippen LogP contribution in [0.15, 0.2) is 60.7 Å². The van der Waals surface area contributed by atoms with E-state index in [4.69, 9.17) is 0 Å². The maximum atomic E-state index is 14.8. The van der Waals surface area contributed by atoms with Crippen molar-refractivity contribution in [3.8, 4) is 11.5 Å². The highest BCUT2D eigenvalue weighted by Crippen LogP contribution is 2.40. The fourth-order valence-corrected chi connectivity index (χ4v) is 4.29. The normalized spacial score (nSPS) is 12.6. The minimum absolute atomic E-state index is 0.0556. The minimum atomic E-state index is -5.04. The summed E-state index contributed by atoms with van der Waals surface area (Å²) in [5, 5.41) is 0. The predicted molar refractivity (Wildman–Crippen MR) is 142 cm³/mol. The van der Waals surface area contributed by atoms with Gasteiger partial charge in [-0.25, -0.2) is 39.5 Å². The van der Waals surface area contributed by atoms with Gasteiger partial charge in [0.1, 0.15) is 40.3 Å². The van der Waals surface area contributed by atoms with E-state index in [1.54, 1.807) is 0 Å². The van der Waals surface area contributed by atoms with E-state index < -0.39 is 98.3 Å². The van der Waals surface area contributed by atoms with Gasteiger partial charge in [-0.1, -0.05) is 25.5 Å². The second-order valence-electron chi connectivity index (χ2n) is 9.94. The van der Waals surface area contributed by atoms with Crippen LogP contribution in [0.2, 0.25) is 0 Å². The van der Waals surface area contributed by atoms with Crippen LogP contribution in [0.5, 0.6) is 11.5 Å². The van der Waals surface area contributed by atoms with Crippen molar-refractivity contribution in [3.05, 3.63) is 129 Å². The van der Waals surface area contributed by atoms with Crippen molar-refractivity contribution in [2.45, 2.75) is 38.4 Å².